The van der Waals surface area contributed by atoms with Gasteiger partial charge in [-0.05, 0) is 88.4 Å². The molecule has 0 radical (unpaired) electrons. The summed E-state index contributed by atoms with van der Waals surface area (Å²) < 4.78 is 11.6. The van der Waals surface area contributed by atoms with E-state index < -0.39 is 44.3 Å². The molecule has 0 N–H and O–H groups in total. The number of carbonyl (C=O) groups is 2. The lowest BCUT2D eigenvalue weighted by molar-refractivity contribution is -0.00188. The van der Waals surface area contributed by atoms with Gasteiger partial charge in [-0.25, -0.2) is 9.59 Å². The SMILES string of the molecule is C#C[Si](C)(C)C.CC(C)(C)OC(=O)N1CC(C#N)(c2ncccc2C#C[Si](C)(C)C)C1.CC(C)(C)OC(=O)N1CC(C#N)(c2ncccc2I)C1. The molecule has 272 valence electrons. The lowest BCUT2D eigenvalue weighted by Crippen LogP contribution is -2.61. The summed E-state index contributed by atoms with van der Waals surface area (Å²) in [5.41, 5.74) is 5.62. The van der Waals surface area contributed by atoms with Crippen LogP contribution in [0.15, 0.2) is 36.7 Å². The molecule has 4 heterocycles. The van der Waals surface area contributed by atoms with Crippen LogP contribution in [-0.2, 0) is 20.3 Å². The highest BCUT2D eigenvalue weighted by molar-refractivity contribution is 14.1. The summed E-state index contributed by atoms with van der Waals surface area (Å²) in [6.07, 6.45) is 7.68. The molecule has 0 unspecified atom stereocenters. The highest BCUT2D eigenvalue weighted by Crippen LogP contribution is 2.37. The molecule has 2 aliphatic heterocycles. The second kappa shape index (κ2) is 16.6. The molecule has 0 bridgehead atoms. The van der Waals surface area contributed by atoms with Crippen LogP contribution < -0.4 is 0 Å². The Kier molecular flexibility index (Phi) is 14.1. The van der Waals surface area contributed by atoms with Gasteiger partial charge < -0.3 is 19.3 Å². The number of amides is 2. The van der Waals surface area contributed by atoms with Gasteiger partial charge in [-0.1, -0.05) is 45.2 Å². The summed E-state index contributed by atoms with van der Waals surface area (Å²) in [6, 6.07) is 12.1. The molecule has 2 aromatic rings. The molecule has 2 fully saturated rings. The molecule has 2 amide bonds. The molecular weight excluding hydrogens is 788 g/mol. The number of likely N-dealkylation sites (tertiary alicyclic amines) is 2. The predicted molar refractivity (Wildman–Crippen MR) is 214 cm³/mol. The van der Waals surface area contributed by atoms with E-state index in [0.29, 0.717) is 18.8 Å². The molecular formula is C38H51IN6O4Si2. The molecule has 0 atom stereocenters. The zero-order valence-electron chi connectivity index (χ0n) is 32.1. The standard InChI is InChI=1S/C19H25N3O2Si.C14H16IN3O2.C5H10Si/c1-18(2,3)24-17(23)22-13-19(12-20,14-22)16-15(8-7-10-21-16)9-11-25(4,5)6;1-13(2,3)20-12(19)18-8-14(7-16,9-18)11-10(15)5-4-6-17-11;1-5-6(2,3)4/h7-8,10H,13-14H2,1-6H3;4-6H,8-9H2,1-3H3;1H,2-4H3. The topological polar surface area (TPSA) is 132 Å². The monoisotopic (exact) mass is 838 g/mol. The number of ether oxygens (including phenoxy) is 2. The van der Waals surface area contributed by atoms with Crippen LogP contribution in [0.3, 0.4) is 0 Å². The number of hydrogen-bond donors (Lipinski definition) is 0. The molecule has 0 aliphatic carbocycles. The van der Waals surface area contributed by atoms with Crippen LogP contribution >= 0.6 is 22.6 Å². The van der Waals surface area contributed by atoms with Gasteiger partial charge in [0, 0.05) is 21.5 Å². The number of aromatic nitrogens is 2. The number of carbonyl (C=O) groups excluding carboxylic acids is 2. The van der Waals surface area contributed by atoms with E-state index in [-0.39, 0.29) is 19.2 Å². The molecule has 10 nitrogen and oxygen atoms in total. The molecule has 2 aliphatic rings. The molecule has 4 rings (SSSR count). The van der Waals surface area contributed by atoms with Crippen LogP contribution in [0.25, 0.3) is 0 Å². The third-order valence-electron chi connectivity index (χ3n) is 7.05. The summed E-state index contributed by atoms with van der Waals surface area (Å²) in [5, 5.41) is 19.2. The Morgan fingerprint density at radius 1 is 0.784 bits per heavy atom. The summed E-state index contributed by atoms with van der Waals surface area (Å²) in [4.78, 5) is 35.9. The van der Waals surface area contributed by atoms with Crippen LogP contribution in [0.1, 0.15) is 58.5 Å². The average molecular weight is 839 g/mol. The number of terminal acetylenes is 1. The maximum absolute atomic E-state index is 12.2. The van der Waals surface area contributed by atoms with E-state index in [9.17, 15) is 20.1 Å². The second-order valence-electron chi connectivity index (χ2n) is 16.7. The zero-order chi connectivity index (χ0) is 39.1. The third kappa shape index (κ3) is 13.0. The minimum absolute atomic E-state index is 0.275. The first-order chi connectivity index (χ1) is 23.3. The van der Waals surface area contributed by atoms with Crippen molar-refractivity contribution in [3.8, 4) is 35.6 Å². The van der Waals surface area contributed by atoms with Gasteiger partial charge in [0.15, 0.2) is 0 Å². The van der Waals surface area contributed by atoms with Crippen molar-refractivity contribution in [2.75, 3.05) is 26.2 Å². The fraction of sp³-hybridized carbons (Fsp3) is 0.526. The number of pyridine rings is 2. The van der Waals surface area contributed by atoms with Crippen molar-refractivity contribution >= 4 is 50.9 Å². The van der Waals surface area contributed by atoms with E-state index >= 15 is 0 Å². The lowest BCUT2D eigenvalue weighted by Gasteiger charge is -2.45. The molecule has 13 heteroatoms. The van der Waals surface area contributed by atoms with Gasteiger partial charge in [-0.2, -0.15) is 10.5 Å². The van der Waals surface area contributed by atoms with Crippen LogP contribution in [0.2, 0.25) is 39.3 Å². The fourth-order valence-electron chi connectivity index (χ4n) is 4.55. The summed E-state index contributed by atoms with van der Waals surface area (Å²) in [5.74, 6) is 3.21. The van der Waals surface area contributed by atoms with Gasteiger partial charge in [0.2, 0.25) is 0 Å². The highest BCUT2D eigenvalue weighted by Gasteiger charge is 2.51. The number of hydrogen-bond acceptors (Lipinski definition) is 8. The van der Waals surface area contributed by atoms with Crippen molar-refractivity contribution in [3.63, 3.8) is 0 Å². The van der Waals surface area contributed by atoms with Gasteiger partial charge in [-0.3, -0.25) is 9.97 Å². The van der Waals surface area contributed by atoms with E-state index in [1.54, 1.807) is 22.2 Å². The quantitative estimate of drug-likeness (QED) is 0.173. The lowest BCUT2D eigenvalue weighted by atomic mass is 9.76. The van der Waals surface area contributed by atoms with Crippen molar-refractivity contribution in [1.29, 1.82) is 10.5 Å². The smallest absolute Gasteiger partial charge is 0.410 e. The van der Waals surface area contributed by atoms with Crippen LogP contribution in [0, 0.1) is 49.7 Å². The Hall–Kier alpha value is -3.90. The highest BCUT2D eigenvalue weighted by atomic mass is 127. The zero-order valence-corrected chi connectivity index (χ0v) is 36.2. The van der Waals surface area contributed by atoms with E-state index in [1.165, 1.54) is 0 Å². The average Bonchev–Trinajstić information content (AvgIpc) is 2.95. The molecule has 0 saturated carbocycles. The molecule has 0 aromatic carbocycles. The number of rotatable bonds is 2. The Morgan fingerprint density at radius 2 is 1.18 bits per heavy atom. The molecule has 0 spiro atoms. The van der Waals surface area contributed by atoms with E-state index in [4.69, 9.17) is 15.9 Å². The number of nitrogens with zero attached hydrogens (tertiary/aromatic N) is 6. The maximum Gasteiger partial charge on any atom is 0.410 e. The van der Waals surface area contributed by atoms with Gasteiger partial charge >= 0.3 is 12.2 Å². The molecule has 2 aromatic heterocycles. The Morgan fingerprint density at radius 3 is 1.53 bits per heavy atom. The van der Waals surface area contributed by atoms with Crippen molar-refractivity contribution in [2.45, 2.75) is 103 Å². The van der Waals surface area contributed by atoms with Crippen LogP contribution in [0.4, 0.5) is 9.59 Å². The van der Waals surface area contributed by atoms with Crippen molar-refractivity contribution in [3.05, 3.63) is 57.2 Å². The molecule has 2 saturated heterocycles. The van der Waals surface area contributed by atoms with Gasteiger partial charge in [0.05, 0.1) is 49.7 Å². The Bertz CT molecular complexity index is 1760. The van der Waals surface area contributed by atoms with Crippen molar-refractivity contribution < 1.29 is 19.1 Å². The van der Waals surface area contributed by atoms with Crippen LogP contribution in [0.5, 0.6) is 0 Å². The number of halogens is 1. The third-order valence-corrected chi connectivity index (χ3v) is 9.66. The summed E-state index contributed by atoms with van der Waals surface area (Å²) >= 11 is 2.16. The summed E-state index contributed by atoms with van der Waals surface area (Å²) in [6.45, 7) is 25.1. The largest absolute Gasteiger partial charge is 0.444 e. The predicted octanol–water partition coefficient (Wildman–Crippen LogP) is 7.52. The number of nitriles is 2. The molecule has 51 heavy (non-hydrogen) atoms. The minimum Gasteiger partial charge on any atom is -0.444 e. The Balaban J connectivity index is 0.000000310. The van der Waals surface area contributed by atoms with E-state index in [2.05, 4.69) is 101 Å². The second-order valence-corrected chi connectivity index (χ2v) is 27.4. The normalized spacial score (nSPS) is 15.8. The van der Waals surface area contributed by atoms with E-state index in [1.807, 2.05) is 65.8 Å². The first kappa shape index (κ1) is 43.3. The minimum atomic E-state index is -1.54. The van der Waals surface area contributed by atoms with Gasteiger partial charge in [-0.15, -0.1) is 17.5 Å². The van der Waals surface area contributed by atoms with Gasteiger partial charge in [0.25, 0.3) is 0 Å². The van der Waals surface area contributed by atoms with E-state index in [0.717, 1.165) is 14.8 Å². The van der Waals surface area contributed by atoms with Crippen LogP contribution in [-0.4, -0.2) is 85.5 Å². The summed E-state index contributed by atoms with van der Waals surface area (Å²) in [7, 11) is -2.64. The maximum atomic E-state index is 12.2. The Labute approximate surface area is 320 Å². The first-order valence-corrected chi connectivity index (χ1v) is 24.7. The van der Waals surface area contributed by atoms with Crippen molar-refractivity contribution in [2.24, 2.45) is 0 Å². The first-order valence-electron chi connectivity index (χ1n) is 16.7. The van der Waals surface area contributed by atoms with Gasteiger partial charge in [0.1, 0.15) is 38.2 Å². The van der Waals surface area contributed by atoms with Crippen molar-refractivity contribution in [1.82, 2.24) is 19.8 Å². The fourth-order valence-corrected chi connectivity index (χ4v) is 5.92.